The summed E-state index contributed by atoms with van der Waals surface area (Å²) < 4.78 is 0. The maximum atomic E-state index is 3.63. The molecule has 0 aromatic rings. The van der Waals surface area contributed by atoms with E-state index in [2.05, 4.69) is 38.3 Å². The molecule has 4 heteroatoms. The molecule has 0 rings (SSSR count). The summed E-state index contributed by atoms with van der Waals surface area (Å²) in [7, 11) is 0. The van der Waals surface area contributed by atoms with E-state index in [0.29, 0.717) is 0 Å². The number of nitrogens with one attached hydrogen (secondary N) is 2. The van der Waals surface area contributed by atoms with Crippen molar-refractivity contribution in [2.45, 2.75) is 91.1 Å². The van der Waals surface area contributed by atoms with Crippen LogP contribution in [0.15, 0.2) is 0 Å². The van der Waals surface area contributed by atoms with Crippen molar-refractivity contribution < 1.29 is 11.0 Å². The Hall–Kier alpha value is -0.160. The van der Waals surface area contributed by atoms with E-state index in [4.69, 9.17) is 0 Å². The van der Waals surface area contributed by atoms with Crippen LogP contribution in [0.1, 0.15) is 79.1 Å². The highest BCUT2D eigenvalue weighted by Crippen LogP contribution is 2.02. The molecule has 0 aliphatic rings. The van der Waals surface area contributed by atoms with Gasteiger partial charge in [0, 0.05) is 12.1 Å². The average Bonchev–Trinajstić information content (AvgIpc) is 2.41. The lowest BCUT2D eigenvalue weighted by Crippen LogP contribution is -2.29. The summed E-state index contributed by atoms with van der Waals surface area (Å²) in [6, 6.07) is 1.48. The van der Waals surface area contributed by atoms with Crippen molar-refractivity contribution in [3.63, 3.8) is 0 Å². The van der Waals surface area contributed by atoms with Gasteiger partial charge in [-0.1, -0.05) is 40.5 Å². The molecule has 0 bridgehead atoms. The second-order valence-electron chi connectivity index (χ2n) is 5.35. The first-order chi connectivity index (χ1) is 8.78. The van der Waals surface area contributed by atoms with Crippen LogP contribution in [0.4, 0.5) is 0 Å². The average molecular weight is 293 g/mol. The molecule has 0 atom stereocenters. The molecular weight excluding hydrogens is 252 g/mol. The third-order valence-electron chi connectivity index (χ3n) is 3.94. The van der Waals surface area contributed by atoms with Crippen LogP contribution in [0.5, 0.6) is 0 Å². The lowest BCUT2D eigenvalue weighted by molar-refractivity contribution is 0.454. The van der Waals surface area contributed by atoms with Gasteiger partial charge < -0.3 is 21.6 Å². The Balaban J connectivity index is -0.00000144. The molecule has 0 aromatic carbocycles. The zero-order valence-corrected chi connectivity index (χ0v) is 14.2. The van der Waals surface area contributed by atoms with Crippen LogP contribution in [0.25, 0.3) is 0 Å². The van der Waals surface area contributed by atoms with Gasteiger partial charge in [0.2, 0.25) is 0 Å². The Kier molecular flexibility index (Phi) is 23.4. The molecule has 0 saturated heterocycles. The monoisotopic (exact) mass is 292 g/mol. The second-order valence-corrected chi connectivity index (χ2v) is 5.35. The Bertz CT molecular complexity index is 143. The number of unbranched alkanes of at least 4 members (excludes halogenated alkanes) is 3. The Labute approximate surface area is 126 Å². The highest BCUT2D eigenvalue weighted by Gasteiger charge is 2.02. The van der Waals surface area contributed by atoms with Gasteiger partial charge in [-0.2, -0.15) is 0 Å². The van der Waals surface area contributed by atoms with Gasteiger partial charge in [-0.05, 0) is 51.6 Å². The second kappa shape index (κ2) is 18.8. The number of hydrogen-bond acceptors (Lipinski definition) is 2. The van der Waals surface area contributed by atoms with Gasteiger partial charge in [-0.25, -0.2) is 0 Å². The molecule has 0 aromatic heterocycles. The minimum Gasteiger partial charge on any atom is -0.412 e. The molecule has 126 valence electrons. The summed E-state index contributed by atoms with van der Waals surface area (Å²) in [6.07, 6.45) is 10.5. The van der Waals surface area contributed by atoms with Crippen molar-refractivity contribution in [3.8, 4) is 0 Å². The van der Waals surface area contributed by atoms with E-state index < -0.39 is 0 Å². The van der Waals surface area contributed by atoms with Gasteiger partial charge in [0.15, 0.2) is 0 Å². The van der Waals surface area contributed by atoms with Crippen molar-refractivity contribution >= 4 is 0 Å². The van der Waals surface area contributed by atoms with Crippen LogP contribution < -0.4 is 10.6 Å². The normalized spacial score (nSPS) is 10.5. The van der Waals surface area contributed by atoms with E-state index in [1.165, 1.54) is 64.5 Å². The number of rotatable bonds is 13. The van der Waals surface area contributed by atoms with E-state index in [9.17, 15) is 0 Å². The van der Waals surface area contributed by atoms with Crippen LogP contribution in [-0.4, -0.2) is 36.1 Å². The fraction of sp³-hybridized carbons (Fsp3) is 1.00. The standard InChI is InChI=1S/C16H36N2.2H2O/c1-5-15(6-2)17-13-11-9-10-12-14-18-16(7-3)8-4;;/h15-18H,5-14H2,1-4H3;2*1H2. The van der Waals surface area contributed by atoms with E-state index in [0.717, 1.165) is 12.1 Å². The largest absolute Gasteiger partial charge is 0.412 e. The summed E-state index contributed by atoms with van der Waals surface area (Å²) >= 11 is 0. The molecule has 0 spiro atoms. The maximum absolute atomic E-state index is 3.63. The third-order valence-corrected chi connectivity index (χ3v) is 3.94. The summed E-state index contributed by atoms with van der Waals surface area (Å²) in [4.78, 5) is 0. The van der Waals surface area contributed by atoms with Crippen LogP contribution >= 0.6 is 0 Å². The highest BCUT2D eigenvalue weighted by atomic mass is 16.0. The van der Waals surface area contributed by atoms with Gasteiger partial charge in [-0.15, -0.1) is 0 Å². The molecule has 0 amide bonds. The smallest absolute Gasteiger partial charge is 0.00618 e. The molecule has 0 heterocycles. The lowest BCUT2D eigenvalue weighted by Gasteiger charge is -2.15. The van der Waals surface area contributed by atoms with Crippen LogP contribution in [0, 0.1) is 0 Å². The van der Waals surface area contributed by atoms with E-state index in [1.807, 2.05) is 0 Å². The van der Waals surface area contributed by atoms with E-state index in [1.54, 1.807) is 0 Å². The van der Waals surface area contributed by atoms with Crippen LogP contribution in [0.2, 0.25) is 0 Å². The zero-order valence-electron chi connectivity index (χ0n) is 14.2. The minimum absolute atomic E-state index is 0. The van der Waals surface area contributed by atoms with Crippen molar-refractivity contribution in [3.05, 3.63) is 0 Å². The van der Waals surface area contributed by atoms with E-state index >= 15 is 0 Å². The van der Waals surface area contributed by atoms with Gasteiger partial charge >= 0.3 is 0 Å². The first kappa shape index (κ1) is 24.8. The van der Waals surface area contributed by atoms with Crippen molar-refractivity contribution in [1.29, 1.82) is 0 Å². The molecule has 20 heavy (non-hydrogen) atoms. The molecule has 0 aliphatic carbocycles. The molecule has 6 N–H and O–H groups in total. The quantitative estimate of drug-likeness (QED) is 0.511. The van der Waals surface area contributed by atoms with Crippen LogP contribution in [-0.2, 0) is 0 Å². The fourth-order valence-corrected chi connectivity index (χ4v) is 2.37. The maximum Gasteiger partial charge on any atom is 0.00618 e. The lowest BCUT2D eigenvalue weighted by atomic mass is 10.1. The van der Waals surface area contributed by atoms with Crippen molar-refractivity contribution in [1.82, 2.24) is 10.6 Å². The van der Waals surface area contributed by atoms with Gasteiger partial charge in [-0.3, -0.25) is 0 Å². The van der Waals surface area contributed by atoms with E-state index in [-0.39, 0.29) is 11.0 Å². The van der Waals surface area contributed by atoms with Crippen LogP contribution in [0.3, 0.4) is 0 Å². The first-order valence-corrected chi connectivity index (χ1v) is 8.25. The third kappa shape index (κ3) is 14.3. The molecule has 0 saturated carbocycles. The Morgan fingerprint density at radius 2 is 0.850 bits per heavy atom. The van der Waals surface area contributed by atoms with Gasteiger partial charge in [0.1, 0.15) is 0 Å². The summed E-state index contributed by atoms with van der Waals surface area (Å²) in [5, 5.41) is 7.26. The molecule has 0 radical (unpaired) electrons. The molecule has 0 aliphatic heterocycles. The molecule has 0 fully saturated rings. The topological polar surface area (TPSA) is 87.1 Å². The molecule has 0 unspecified atom stereocenters. The van der Waals surface area contributed by atoms with Crippen molar-refractivity contribution in [2.24, 2.45) is 0 Å². The van der Waals surface area contributed by atoms with Crippen molar-refractivity contribution in [2.75, 3.05) is 13.1 Å². The SMILES string of the molecule is CCC(CC)NCCCCCCNC(CC)CC.O.O. The summed E-state index contributed by atoms with van der Waals surface area (Å²) in [6.45, 7) is 11.5. The van der Waals surface area contributed by atoms with Gasteiger partial charge in [0.05, 0.1) is 0 Å². The highest BCUT2D eigenvalue weighted by molar-refractivity contribution is 4.63. The Morgan fingerprint density at radius 1 is 0.550 bits per heavy atom. The number of hydrogen-bond donors (Lipinski definition) is 2. The predicted molar refractivity (Wildman–Crippen MR) is 90.4 cm³/mol. The first-order valence-electron chi connectivity index (χ1n) is 8.25. The van der Waals surface area contributed by atoms with Gasteiger partial charge in [0.25, 0.3) is 0 Å². The summed E-state index contributed by atoms with van der Waals surface area (Å²) in [5.74, 6) is 0. The fourth-order valence-electron chi connectivity index (χ4n) is 2.37. The predicted octanol–water partition coefficient (Wildman–Crippen LogP) is 2.45. The zero-order chi connectivity index (χ0) is 13.6. The summed E-state index contributed by atoms with van der Waals surface area (Å²) in [5.41, 5.74) is 0. The minimum atomic E-state index is 0. The molecular formula is C16H40N2O2. The molecule has 4 nitrogen and oxygen atoms in total. The Morgan fingerprint density at radius 3 is 1.10 bits per heavy atom.